The number of rotatable bonds is 7. The summed E-state index contributed by atoms with van der Waals surface area (Å²) in [6.45, 7) is 1.72. The van der Waals surface area contributed by atoms with Crippen LogP contribution >= 0.6 is 15.9 Å². The van der Waals surface area contributed by atoms with Crippen molar-refractivity contribution in [2.24, 2.45) is 0 Å². The van der Waals surface area contributed by atoms with E-state index in [2.05, 4.69) is 32.3 Å². The Hall–Kier alpha value is -4.07. The van der Waals surface area contributed by atoms with Crippen molar-refractivity contribution in [2.45, 2.75) is 25.3 Å². The molecular weight excluding hydrogens is 542 g/mol. The summed E-state index contributed by atoms with van der Waals surface area (Å²) >= 11 is 3.27. The van der Waals surface area contributed by atoms with Crippen molar-refractivity contribution in [3.63, 3.8) is 0 Å². The van der Waals surface area contributed by atoms with Crippen LogP contribution in [0.15, 0.2) is 59.2 Å². The van der Waals surface area contributed by atoms with Crippen molar-refractivity contribution >= 4 is 35.0 Å². The van der Waals surface area contributed by atoms with E-state index in [1.807, 2.05) is 32.0 Å². The number of hydrogen-bond acceptors (Lipinski definition) is 8. The van der Waals surface area contributed by atoms with Crippen molar-refractivity contribution in [3.8, 4) is 23.4 Å². The average Bonchev–Trinajstić information content (AvgIpc) is 2.94. The summed E-state index contributed by atoms with van der Waals surface area (Å²) in [5.41, 5.74) is 3.42. The molecule has 0 bridgehead atoms. The normalized spacial score (nSPS) is 13.3. The van der Waals surface area contributed by atoms with Gasteiger partial charge in [-0.1, -0.05) is 12.1 Å². The lowest BCUT2D eigenvalue weighted by atomic mass is 9.87. The van der Waals surface area contributed by atoms with Crippen molar-refractivity contribution < 1.29 is 29.0 Å². The fourth-order valence-electron chi connectivity index (χ4n) is 3.68. The first-order chi connectivity index (χ1) is 17.9. The predicted octanol–water partition coefficient (Wildman–Crippen LogP) is 4.88. The van der Waals surface area contributed by atoms with Crippen LogP contribution in [0.5, 0.6) is 17.4 Å². The highest BCUT2D eigenvalue weighted by molar-refractivity contribution is 9.10. The van der Waals surface area contributed by atoms with E-state index in [0.29, 0.717) is 45.3 Å². The molecule has 1 aromatic heterocycles. The molecule has 1 aliphatic carbocycles. The van der Waals surface area contributed by atoms with Crippen LogP contribution < -0.4 is 14.8 Å². The number of carboxylic acids is 1. The van der Waals surface area contributed by atoms with E-state index in [1.165, 1.54) is 11.8 Å². The number of ether oxygens (including phenoxy) is 2. The highest BCUT2D eigenvalue weighted by atomic mass is 79.9. The minimum Gasteiger partial charge on any atom is -0.482 e. The number of halogens is 1. The Labute approximate surface area is 223 Å². The summed E-state index contributed by atoms with van der Waals surface area (Å²) in [6.07, 6.45) is 5.32. The third kappa shape index (κ3) is 8.52. The molecular formula is C27H26BrN3O6. The largest absolute Gasteiger partial charge is 0.482 e. The SMILES string of the molecule is C=O.CNC1CCCc2c(OCC(=O)O)cccc21.N#Cc1ccc(Oc2ncc(C=O)cc2Br)cc1. The van der Waals surface area contributed by atoms with Crippen LogP contribution in [-0.2, 0) is 16.0 Å². The van der Waals surface area contributed by atoms with Gasteiger partial charge in [-0.05, 0) is 89.8 Å². The second-order valence-electron chi connectivity index (χ2n) is 7.65. The van der Waals surface area contributed by atoms with Gasteiger partial charge in [0.1, 0.15) is 18.3 Å². The van der Waals surface area contributed by atoms with E-state index in [4.69, 9.17) is 24.6 Å². The Morgan fingerprint density at radius 3 is 2.62 bits per heavy atom. The van der Waals surface area contributed by atoms with Gasteiger partial charge in [0.15, 0.2) is 12.9 Å². The van der Waals surface area contributed by atoms with Gasteiger partial charge < -0.3 is 24.7 Å². The zero-order valence-corrected chi connectivity index (χ0v) is 21.7. The van der Waals surface area contributed by atoms with Crippen LogP contribution in [-0.4, -0.2) is 42.8 Å². The van der Waals surface area contributed by atoms with E-state index in [0.717, 1.165) is 24.8 Å². The minimum absolute atomic E-state index is 0.277. The lowest BCUT2D eigenvalue weighted by molar-refractivity contribution is -0.139. The molecule has 1 aliphatic rings. The molecule has 2 aromatic carbocycles. The molecule has 0 radical (unpaired) electrons. The number of hydrogen-bond donors (Lipinski definition) is 2. The summed E-state index contributed by atoms with van der Waals surface area (Å²) < 4.78 is 11.5. The zero-order chi connectivity index (χ0) is 27.2. The second kappa shape index (κ2) is 15.1. The highest BCUT2D eigenvalue weighted by Gasteiger charge is 2.21. The van der Waals surface area contributed by atoms with Crippen LogP contribution in [0, 0.1) is 11.3 Å². The van der Waals surface area contributed by atoms with Gasteiger partial charge in [-0.3, -0.25) is 4.79 Å². The van der Waals surface area contributed by atoms with Gasteiger partial charge in [-0.25, -0.2) is 9.78 Å². The monoisotopic (exact) mass is 567 g/mol. The lowest BCUT2D eigenvalue weighted by Gasteiger charge is -2.26. The number of carbonyl (C=O) groups is 3. The molecule has 2 N–H and O–H groups in total. The zero-order valence-electron chi connectivity index (χ0n) is 20.1. The van der Waals surface area contributed by atoms with E-state index in [9.17, 15) is 9.59 Å². The molecule has 0 aliphatic heterocycles. The Morgan fingerprint density at radius 2 is 2.03 bits per heavy atom. The van der Waals surface area contributed by atoms with Crippen molar-refractivity contribution in [1.29, 1.82) is 5.26 Å². The molecule has 192 valence electrons. The van der Waals surface area contributed by atoms with Crippen LogP contribution in [0.1, 0.15) is 45.9 Å². The molecule has 0 saturated heterocycles. The molecule has 0 fully saturated rings. The molecule has 10 heteroatoms. The fourth-order valence-corrected chi connectivity index (χ4v) is 4.13. The molecule has 0 spiro atoms. The Kier molecular flexibility index (Phi) is 11.9. The number of aldehydes is 1. The molecule has 3 aromatic rings. The topological polar surface area (TPSA) is 139 Å². The fraction of sp³-hybridized carbons (Fsp3) is 0.222. The van der Waals surface area contributed by atoms with Gasteiger partial charge in [0, 0.05) is 17.8 Å². The van der Waals surface area contributed by atoms with Crippen LogP contribution in [0.25, 0.3) is 0 Å². The number of carboxylic acid groups (broad SMARTS) is 1. The maximum Gasteiger partial charge on any atom is 0.341 e. The average molecular weight is 568 g/mol. The number of nitrogens with zero attached hydrogens (tertiary/aromatic N) is 2. The van der Waals surface area contributed by atoms with Gasteiger partial charge in [0.05, 0.1) is 16.1 Å². The first kappa shape index (κ1) is 29.2. The van der Waals surface area contributed by atoms with Gasteiger partial charge in [-0.15, -0.1) is 0 Å². The highest BCUT2D eigenvalue weighted by Crippen LogP contribution is 2.35. The first-order valence-electron chi connectivity index (χ1n) is 11.2. The Bertz CT molecular complexity index is 1240. The summed E-state index contributed by atoms with van der Waals surface area (Å²) in [4.78, 5) is 33.1. The third-order valence-electron chi connectivity index (χ3n) is 5.33. The van der Waals surface area contributed by atoms with Gasteiger partial charge >= 0.3 is 5.97 Å². The third-order valence-corrected chi connectivity index (χ3v) is 5.89. The molecule has 1 atom stereocenters. The number of nitrogens with one attached hydrogen (secondary N) is 1. The predicted molar refractivity (Wildman–Crippen MR) is 140 cm³/mol. The number of pyridine rings is 1. The standard InChI is InChI=1S/C13H7BrN2O2.C13H17NO3.CH2O/c14-12-5-10(8-17)7-16-13(12)18-11-3-1-9(6-15)2-4-11;1-14-11-6-2-5-10-9(11)4-3-7-12(10)17-8-13(15)16;1-2/h1-5,7-8H;3-4,7,11,14H,2,5-6,8H2,1H3,(H,15,16);1H2. The van der Waals surface area contributed by atoms with Crippen molar-refractivity contribution in [1.82, 2.24) is 10.3 Å². The van der Waals surface area contributed by atoms with E-state index < -0.39 is 5.97 Å². The molecule has 1 heterocycles. The first-order valence-corrected chi connectivity index (χ1v) is 12.0. The number of benzene rings is 2. The quantitative estimate of drug-likeness (QED) is 0.382. The summed E-state index contributed by atoms with van der Waals surface area (Å²) in [6, 6.07) is 16.5. The van der Waals surface area contributed by atoms with Crippen LogP contribution in [0.3, 0.4) is 0 Å². The van der Waals surface area contributed by atoms with E-state index in [-0.39, 0.29) is 6.61 Å². The number of fused-ring (bicyclic) bond motifs is 1. The maximum atomic E-state index is 10.6. The van der Waals surface area contributed by atoms with Crippen LogP contribution in [0.4, 0.5) is 0 Å². The second-order valence-corrected chi connectivity index (χ2v) is 8.51. The summed E-state index contributed by atoms with van der Waals surface area (Å²) in [5, 5.41) is 20.6. The number of nitriles is 1. The number of aromatic nitrogens is 1. The molecule has 0 saturated carbocycles. The van der Waals surface area contributed by atoms with Gasteiger partial charge in [0.25, 0.3) is 0 Å². The van der Waals surface area contributed by atoms with E-state index >= 15 is 0 Å². The Morgan fingerprint density at radius 1 is 1.30 bits per heavy atom. The molecule has 1 unspecified atom stereocenters. The maximum absolute atomic E-state index is 10.6. The summed E-state index contributed by atoms with van der Waals surface area (Å²) in [5.74, 6) is 0.708. The van der Waals surface area contributed by atoms with Crippen molar-refractivity contribution in [2.75, 3.05) is 13.7 Å². The Balaban J connectivity index is 0.000000244. The molecule has 9 nitrogen and oxygen atoms in total. The summed E-state index contributed by atoms with van der Waals surface area (Å²) in [7, 11) is 1.95. The van der Waals surface area contributed by atoms with E-state index in [1.54, 1.807) is 30.3 Å². The van der Waals surface area contributed by atoms with Crippen molar-refractivity contribution in [3.05, 3.63) is 81.5 Å². The minimum atomic E-state index is -0.941. The molecule has 4 rings (SSSR count). The van der Waals surface area contributed by atoms with Gasteiger partial charge in [0.2, 0.25) is 5.88 Å². The molecule has 37 heavy (non-hydrogen) atoms. The number of aliphatic carboxylic acids is 1. The van der Waals surface area contributed by atoms with Crippen LogP contribution in [0.2, 0.25) is 0 Å². The number of carbonyl (C=O) groups excluding carboxylic acids is 2. The smallest absolute Gasteiger partial charge is 0.341 e. The van der Waals surface area contributed by atoms with Gasteiger partial charge in [-0.2, -0.15) is 5.26 Å². The molecule has 0 amide bonds. The lowest BCUT2D eigenvalue weighted by Crippen LogP contribution is -2.22.